The lowest BCUT2D eigenvalue weighted by atomic mass is 9.81. The van der Waals surface area contributed by atoms with Crippen molar-refractivity contribution in [1.29, 1.82) is 0 Å². The highest BCUT2D eigenvalue weighted by Crippen LogP contribution is 2.37. The molecule has 2 rings (SSSR count). The van der Waals surface area contributed by atoms with Gasteiger partial charge in [-0.3, -0.25) is 0 Å². The molecule has 0 bridgehead atoms. The van der Waals surface area contributed by atoms with Gasteiger partial charge in [-0.1, -0.05) is 0 Å². The number of rotatable bonds is 4. The molecule has 0 amide bonds. The van der Waals surface area contributed by atoms with Crippen LogP contribution in [-0.4, -0.2) is 50.7 Å². The highest BCUT2D eigenvalue weighted by atomic mass is 16.6. The number of hydrogen-bond acceptors (Lipinski definition) is 4. The Hall–Kier alpha value is -0.160. The zero-order valence-corrected chi connectivity index (χ0v) is 12.8. The van der Waals surface area contributed by atoms with E-state index >= 15 is 0 Å². The van der Waals surface area contributed by atoms with Crippen LogP contribution in [0.1, 0.15) is 40.0 Å². The molecule has 2 fully saturated rings. The summed E-state index contributed by atoms with van der Waals surface area (Å²) in [4.78, 5) is 0. The first-order chi connectivity index (χ1) is 8.94. The van der Waals surface area contributed by atoms with Crippen LogP contribution < -0.4 is 5.32 Å². The van der Waals surface area contributed by atoms with Crippen LogP contribution in [0.15, 0.2) is 0 Å². The summed E-state index contributed by atoms with van der Waals surface area (Å²) < 4.78 is 17.5. The van der Waals surface area contributed by atoms with E-state index in [1.165, 1.54) is 0 Å². The Morgan fingerprint density at radius 1 is 1.37 bits per heavy atom. The van der Waals surface area contributed by atoms with Gasteiger partial charge in [0.2, 0.25) is 0 Å². The highest BCUT2D eigenvalue weighted by Gasteiger charge is 2.42. The summed E-state index contributed by atoms with van der Waals surface area (Å²) in [5, 5.41) is 3.43. The van der Waals surface area contributed by atoms with Crippen LogP contribution in [0.3, 0.4) is 0 Å². The van der Waals surface area contributed by atoms with Crippen LogP contribution >= 0.6 is 0 Å². The van der Waals surface area contributed by atoms with Crippen molar-refractivity contribution in [2.45, 2.75) is 57.3 Å². The molecule has 4 nitrogen and oxygen atoms in total. The highest BCUT2D eigenvalue weighted by molar-refractivity contribution is 4.93. The summed E-state index contributed by atoms with van der Waals surface area (Å²) in [5.74, 6) is 0.614. The largest absolute Gasteiger partial charge is 0.378 e. The van der Waals surface area contributed by atoms with Gasteiger partial charge in [0.25, 0.3) is 0 Å². The third-order valence-electron chi connectivity index (χ3n) is 4.23. The number of ether oxygens (including phenoxy) is 3. The number of hydrogen-bond donors (Lipinski definition) is 1. The van der Waals surface area contributed by atoms with Crippen molar-refractivity contribution in [1.82, 2.24) is 5.32 Å². The van der Waals surface area contributed by atoms with E-state index in [0.29, 0.717) is 12.0 Å². The fourth-order valence-electron chi connectivity index (χ4n) is 3.07. The lowest BCUT2D eigenvalue weighted by Gasteiger charge is -2.40. The normalized spacial score (nSPS) is 33.8. The molecule has 0 radical (unpaired) electrons. The molecule has 0 aliphatic carbocycles. The van der Waals surface area contributed by atoms with Gasteiger partial charge in [0.1, 0.15) is 0 Å². The van der Waals surface area contributed by atoms with E-state index < -0.39 is 0 Å². The van der Waals surface area contributed by atoms with Gasteiger partial charge in [0.05, 0.1) is 24.4 Å². The summed E-state index contributed by atoms with van der Waals surface area (Å²) in [5.41, 5.74) is -0.0891. The van der Waals surface area contributed by atoms with Crippen molar-refractivity contribution in [3.8, 4) is 0 Å². The molecule has 2 heterocycles. The first-order valence-corrected chi connectivity index (χ1v) is 7.47. The molecule has 0 aromatic rings. The summed E-state index contributed by atoms with van der Waals surface area (Å²) >= 11 is 0. The van der Waals surface area contributed by atoms with E-state index in [-0.39, 0.29) is 11.2 Å². The van der Waals surface area contributed by atoms with Crippen molar-refractivity contribution in [2.75, 3.05) is 33.5 Å². The molecule has 1 N–H and O–H groups in total. The van der Waals surface area contributed by atoms with Crippen molar-refractivity contribution in [3.63, 3.8) is 0 Å². The molecule has 3 atom stereocenters. The van der Waals surface area contributed by atoms with Crippen molar-refractivity contribution in [2.24, 2.45) is 5.92 Å². The molecule has 0 aromatic heterocycles. The molecular formula is C15H29NO3. The van der Waals surface area contributed by atoms with Crippen molar-refractivity contribution < 1.29 is 14.2 Å². The first kappa shape index (κ1) is 15.2. The Labute approximate surface area is 117 Å². The van der Waals surface area contributed by atoms with E-state index in [0.717, 1.165) is 45.7 Å². The Morgan fingerprint density at radius 3 is 2.74 bits per heavy atom. The first-order valence-electron chi connectivity index (χ1n) is 7.47. The van der Waals surface area contributed by atoms with E-state index in [2.05, 4.69) is 26.1 Å². The monoisotopic (exact) mass is 271 g/mol. The minimum atomic E-state index is -0.0750. The summed E-state index contributed by atoms with van der Waals surface area (Å²) in [6, 6.07) is 0.403. The van der Waals surface area contributed by atoms with Gasteiger partial charge in [-0.2, -0.15) is 0 Å². The fraction of sp³-hybridized carbons (Fsp3) is 1.00. The minimum Gasteiger partial charge on any atom is -0.378 e. The van der Waals surface area contributed by atoms with Gasteiger partial charge in [0, 0.05) is 25.7 Å². The standard InChI is InChI=1S/C15H29NO3/c1-14(2,3)19-10-13(16-4)12-5-7-18-15(9-12)6-8-17-11-15/h12-13,16H,5-11H2,1-4H3. The van der Waals surface area contributed by atoms with E-state index in [4.69, 9.17) is 14.2 Å². The summed E-state index contributed by atoms with van der Waals surface area (Å²) in [7, 11) is 2.03. The van der Waals surface area contributed by atoms with Crippen molar-refractivity contribution >= 4 is 0 Å². The molecule has 2 aliphatic heterocycles. The second-order valence-corrected chi connectivity index (χ2v) is 6.91. The van der Waals surface area contributed by atoms with Crippen LogP contribution in [0.25, 0.3) is 0 Å². The summed E-state index contributed by atoms with van der Waals surface area (Å²) in [6.07, 6.45) is 3.24. The molecular weight excluding hydrogens is 242 g/mol. The Kier molecular flexibility index (Phi) is 4.88. The van der Waals surface area contributed by atoms with E-state index in [9.17, 15) is 0 Å². The molecule has 19 heavy (non-hydrogen) atoms. The van der Waals surface area contributed by atoms with Crippen LogP contribution in [0, 0.1) is 5.92 Å². The number of likely N-dealkylation sites (N-methyl/N-ethyl adjacent to an activating group) is 1. The third kappa shape index (κ3) is 4.15. The van der Waals surface area contributed by atoms with Gasteiger partial charge < -0.3 is 19.5 Å². The molecule has 1 spiro atoms. The molecule has 2 aliphatic rings. The molecule has 4 heteroatoms. The Bertz CT molecular complexity index is 282. The number of nitrogens with one attached hydrogen (secondary N) is 1. The average Bonchev–Trinajstić information content (AvgIpc) is 2.77. The minimum absolute atomic E-state index is 0.0141. The smallest absolute Gasteiger partial charge is 0.0939 e. The van der Waals surface area contributed by atoms with Gasteiger partial charge in [0.15, 0.2) is 0 Å². The predicted molar refractivity (Wildman–Crippen MR) is 75.4 cm³/mol. The maximum atomic E-state index is 6.00. The topological polar surface area (TPSA) is 39.7 Å². The van der Waals surface area contributed by atoms with Gasteiger partial charge >= 0.3 is 0 Å². The second-order valence-electron chi connectivity index (χ2n) is 6.91. The van der Waals surface area contributed by atoms with Crippen molar-refractivity contribution in [3.05, 3.63) is 0 Å². The van der Waals surface area contributed by atoms with Crippen LogP contribution in [0.4, 0.5) is 0 Å². The lowest BCUT2D eigenvalue weighted by molar-refractivity contribution is -0.110. The second kappa shape index (κ2) is 6.08. The zero-order valence-electron chi connectivity index (χ0n) is 12.8. The molecule has 0 saturated carbocycles. The average molecular weight is 271 g/mol. The maximum Gasteiger partial charge on any atom is 0.0939 e. The predicted octanol–water partition coefficient (Wildman–Crippen LogP) is 1.98. The Morgan fingerprint density at radius 2 is 2.16 bits per heavy atom. The summed E-state index contributed by atoms with van der Waals surface area (Å²) in [6.45, 7) is 9.54. The van der Waals surface area contributed by atoms with Crippen LogP contribution in [0.2, 0.25) is 0 Å². The zero-order chi connectivity index (χ0) is 13.9. The van der Waals surface area contributed by atoms with Gasteiger partial charge in [-0.15, -0.1) is 0 Å². The third-order valence-corrected chi connectivity index (χ3v) is 4.23. The Balaban J connectivity index is 1.90. The fourth-order valence-corrected chi connectivity index (χ4v) is 3.07. The van der Waals surface area contributed by atoms with Crippen LogP contribution in [0.5, 0.6) is 0 Å². The molecule has 2 saturated heterocycles. The SMILES string of the molecule is CNC(COC(C)(C)C)C1CCOC2(CCOC2)C1. The van der Waals surface area contributed by atoms with Gasteiger partial charge in [-0.05, 0) is 46.6 Å². The molecule has 112 valence electrons. The molecule has 0 aromatic carbocycles. The van der Waals surface area contributed by atoms with Gasteiger partial charge in [-0.25, -0.2) is 0 Å². The van der Waals surface area contributed by atoms with E-state index in [1.807, 2.05) is 7.05 Å². The lowest BCUT2D eigenvalue weighted by Crippen LogP contribution is -2.48. The van der Waals surface area contributed by atoms with Crippen LogP contribution in [-0.2, 0) is 14.2 Å². The maximum absolute atomic E-state index is 6.00. The quantitative estimate of drug-likeness (QED) is 0.848. The molecule has 3 unspecified atom stereocenters. The van der Waals surface area contributed by atoms with E-state index in [1.54, 1.807) is 0 Å².